The van der Waals surface area contributed by atoms with Crippen molar-refractivity contribution in [3.05, 3.63) is 35.9 Å². The Kier molecular flexibility index (Phi) is 5.30. The largest absolute Gasteiger partial charge is 0.325 e. The summed E-state index contributed by atoms with van der Waals surface area (Å²) in [6, 6.07) is 11.0. The molecule has 0 atom stereocenters. The van der Waals surface area contributed by atoms with Gasteiger partial charge in [0.15, 0.2) is 0 Å². The zero-order valence-corrected chi connectivity index (χ0v) is 12.6. The van der Waals surface area contributed by atoms with Gasteiger partial charge in [-0.3, -0.25) is 0 Å². The molecule has 2 fully saturated rings. The van der Waals surface area contributed by atoms with Crippen molar-refractivity contribution >= 4 is 18.4 Å². The van der Waals surface area contributed by atoms with Crippen molar-refractivity contribution in [3.63, 3.8) is 0 Å². The summed E-state index contributed by atoms with van der Waals surface area (Å²) in [5.41, 5.74) is 1.43. The lowest BCUT2D eigenvalue weighted by atomic mass is 9.90. The van der Waals surface area contributed by atoms with Crippen LogP contribution in [-0.2, 0) is 0 Å². The van der Waals surface area contributed by atoms with Crippen LogP contribution in [0.25, 0.3) is 0 Å². The highest BCUT2D eigenvalue weighted by Crippen LogP contribution is 2.28. The second kappa shape index (κ2) is 6.98. The van der Waals surface area contributed by atoms with E-state index in [0.717, 1.165) is 39.0 Å². The van der Waals surface area contributed by atoms with Gasteiger partial charge in [-0.15, -0.1) is 12.4 Å². The van der Waals surface area contributed by atoms with Crippen LogP contribution >= 0.6 is 12.4 Å². The third-order valence-corrected chi connectivity index (χ3v) is 4.41. The lowest BCUT2D eigenvalue weighted by molar-refractivity contribution is 0.148. The normalized spacial score (nSPS) is 19.8. The molecular formula is C16H23ClN2O. The van der Waals surface area contributed by atoms with Gasteiger partial charge in [0.2, 0.25) is 0 Å². The number of amides is 2. The van der Waals surface area contributed by atoms with E-state index in [1.165, 1.54) is 18.4 Å². The number of piperidine rings is 1. The minimum atomic E-state index is 0. The summed E-state index contributed by atoms with van der Waals surface area (Å²) < 4.78 is 0. The van der Waals surface area contributed by atoms with Gasteiger partial charge in [0.25, 0.3) is 0 Å². The quantitative estimate of drug-likeness (QED) is 0.777. The molecular weight excluding hydrogens is 272 g/mol. The van der Waals surface area contributed by atoms with Crippen LogP contribution in [-0.4, -0.2) is 42.0 Å². The van der Waals surface area contributed by atoms with E-state index in [9.17, 15) is 4.79 Å². The van der Waals surface area contributed by atoms with Gasteiger partial charge < -0.3 is 9.80 Å². The molecule has 0 radical (unpaired) electrons. The smallest absolute Gasteiger partial charge is 0.319 e. The average molecular weight is 295 g/mol. The summed E-state index contributed by atoms with van der Waals surface area (Å²) in [7, 11) is 0. The number of halogens is 1. The Morgan fingerprint density at radius 2 is 1.45 bits per heavy atom. The first-order chi connectivity index (χ1) is 9.34. The number of nitrogens with zero attached hydrogens (tertiary/aromatic N) is 2. The van der Waals surface area contributed by atoms with E-state index in [1.54, 1.807) is 0 Å². The molecule has 1 aromatic rings. The first-order valence-corrected chi connectivity index (χ1v) is 7.43. The van der Waals surface area contributed by atoms with Crippen LogP contribution in [0.5, 0.6) is 0 Å². The number of carbonyl (C=O) groups excluding carboxylic acids is 1. The molecule has 2 saturated heterocycles. The summed E-state index contributed by atoms with van der Waals surface area (Å²) in [4.78, 5) is 16.4. The molecule has 0 saturated carbocycles. The van der Waals surface area contributed by atoms with Crippen LogP contribution in [0.2, 0.25) is 0 Å². The number of carbonyl (C=O) groups is 1. The molecule has 2 aliphatic heterocycles. The summed E-state index contributed by atoms with van der Waals surface area (Å²) >= 11 is 0. The first kappa shape index (κ1) is 15.2. The molecule has 2 aliphatic rings. The second-order valence-corrected chi connectivity index (χ2v) is 5.65. The zero-order chi connectivity index (χ0) is 13.1. The Morgan fingerprint density at radius 3 is 2.05 bits per heavy atom. The Bertz CT molecular complexity index is 423. The van der Waals surface area contributed by atoms with Gasteiger partial charge in [0, 0.05) is 26.2 Å². The number of urea groups is 1. The number of hydrogen-bond donors (Lipinski definition) is 0. The standard InChI is InChI=1S/C16H22N2O.ClH/c19-16(17-10-4-5-11-17)18-12-8-15(9-13-18)14-6-2-1-3-7-14;/h1-3,6-7,15H,4-5,8-13H2;1H. The summed E-state index contributed by atoms with van der Waals surface area (Å²) in [6.45, 7) is 3.73. The molecule has 0 unspecified atom stereocenters. The van der Waals surface area contributed by atoms with Crippen molar-refractivity contribution < 1.29 is 4.79 Å². The molecule has 1 aromatic carbocycles. The Labute approximate surface area is 127 Å². The molecule has 4 heteroatoms. The van der Waals surface area contributed by atoms with Gasteiger partial charge in [0.05, 0.1) is 0 Å². The van der Waals surface area contributed by atoms with E-state index in [0.29, 0.717) is 5.92 Å². The molecule has 110 valence electrons. The van der Waals surface area contributed by atoms with Crippen LogP contribution in [0.3, 0.4) is 0 Å². The van der Waals surface area contributed by atoms with Gasteiger partial charge in [-0.2, -0.15) is 0 Å². The Hall–Kier alpha value is -1.22. The van der Waals surface area contributed by atoms with E-state index >= 15 is 0 Å². The topological polar surface area (TPSA) is 23.6 Å². The maximum Gasteiger partial charge on any atom is 0.319 e. The maximum absolute atomic E-state index is 12.3. The number of rotatable bonds is 1. The second-order valence-electron chi connectivity index (χ2n) is 5.65. The maximum atomic E-state index is 12.3. The summed E-state index contributed by atoms with van der Waals surface area (Å²) in [5.74, 6) is 0.629. The molecule has 0 aromatic heterocycles. The fourth-order valence-electron chi connectivity index (χ4n) is 3.24. The highest BCUT2D eigenvalue weighted by molar-refractivity contribution is 5.85. The number of benzene rings is 1. The third-order valence-electron chi connectivity index (χ3n) is 4.41. The van der Waals surface area contributed by atoms with E-state index in [1.807, 2.05) is 9.80 Å². The number of likely N-dealkylation sites (tertiary alicyclic amines) is 2. The lowest BCUT2D eigenvalue weighted by Gasteiger charge is -2.34. The van der Waals surface area contributed by atoms with Gasteiger partial charge in [-0.05, 0) is 37.2 Å². The van der Waals surface area contributed by atoms with E-state index < -0.39 is 0 Å². The van der Waals surface area contributed by atoms with Crippen molar-refractivity contribution in [1.29, 1.82) is 0 Å². The van der Waals surface area contributed by atoms with Crippen LogP contribution in [0.1, 0.15) is 37.2 Å². The highest BCUT2D eigenvalue weighted by Gasteiger charge is 2.27. The fraction of sp³-hybridized carbons (Fsp3) is 0.562. The molecule has 0 N–H and O–H groups in total. The third kappa shape index (κ3) is 3.26. The van der Waals surface area contributed by atoms with Gasteiger partial charge in [-0.1, -0.05) is 30.3 Å². The molecule has 3 rings (SSSR count). The molecule has 2 heterocycles. The molecule has 20 heavy (non-hydrogen) atoms. The summed E-state index contributed by atoms with van der Waals surface area (Å²) in [6.07, 6.45) is 4.55. The fourth-order valence-corrected chi connectivity index (χ4v) is 3.24. The molecule has 0 bridgehead atoms. The molecule has 3 nitrogen and oxygen atoms in total. The molecule has 0 spiro atoms. The zero-order valence-electron chi connectivity index (χ0n) is 11.8. The monoisotopic (exact) mass is 294 g/mol. The average Bonchev–Trinajstić information content (AvgIpc) is 3.02. The minimum absolute atomic E-state index is 0. The van der Waals surface area contributed by atoms with E-state index in [-0.39, 0.29) is 18.4 Å². The minimum Gasteiger partial charge on any atom is -0.325 e. The Morgan fingerprint density at radius 1 is 0.900 bits per heavy atom. The van der Waals surface area contributed by atoms with Gasteiger partial charge in [-0.25, -0.2) is 4.79 Å². The predicted molar refractivity (Wildman–Crippen MR) is 83.4 cm³/mol. The molecule has 0 aliphatic carbocycles. The number of hydrogen-bond acceptors (Lipinski definition) is 1. The predicted octanol–water partition coefficient (Wildman–Crippen LogP) is 3.50. The first-order valence-electron chi connectivity index (χ1n) is 7.43. The van der Waals surface area contributed by atoms with Crippen LogP contribution in [0.4, 0.5) is 4.79 Å². The highest BCUT2D eigenvalue weighted by atomic mass is 35.5. The van der Waals surface area contributed by atoms with Crippen LogP contribution < -0.4 is 0 Å². The van der Waals surface area contributed by atoms with Gasteiger partial charge in [0.1, 0.15) is 0 Å². The van der Waals surface area contributed by atoms with Crippen molar-refractivity contribution in [2.24, 2.45) is 0 Å². The van der Waals surface area contributed by atoms with Crippen LogP contribution in [0.15, 0.2) is 30.3 Å². The van der Waals surface area contributed by atoms with Crippen molar-refractivity contribution in [2.45, 2.75) is 31.6 Å². The molecule has 2 amide bonds. The Balaban J connectivity index is 0.00000147. The van der Waals surface area contributed by atoms with Crippen molar-refractivity contribution in [2.75, 3.05) is 26.2 Å². The van der Waals surface area contributed by atoms with E-state index in [2.05, 4.69) is 30.3 Å². The van der Waals surface area contributed by atoms with Crippen molar-refractivity contribution in [1.82, 2.24) is 9.80 Å². The lowest BCUT2D eigenvalue weighted by Crippen LogP contribution is -2.45. The SMILES string of the molecule is Cl.O=C(N1CCCC1)N1CCC(c2ccccc2)CC1. The van der Waals surface area contributed by atoms with Crippen LogP contribution in [0, 0.1) is 0 Å². The van der Waals surface area contributed by atoms with E-state index in [4.69, 9.17) is 0 Å². The van der Waals surface area contributed by atoms with Gasteiger partial charge >= 0.3 is 6.03 Å². The van der Waals surface area contributed by atoms with Crippen molar-refractivity contribution in [3.8, 4) is 0 Å². The summed E-state index contributed by atoms with van der Waals surface area (Å²) in [5, 5.41) is 0.